The summed E-state index contributed by atoms with van der Waals surface area (Å²) in [6.45, 7) is 0. The number of halogens is 1. The molecule has 2 rings (SSSR count). The van der Waals surface area contributed by atoms with E-state index in [1.807, 2.05) is 12.2 Å². The van der Waals surface area contributed by atoms with Crippen LogP contribution in [0.25, 0.3) is 0 Å². The lowest BCUT2D eigenvalue weighted by Crippen LogP contribution is -2.04. The molecule has 70 valence electrons. The topological polar surface area (TPSA) is 17.1 Å². The van der Waals surface area contributed by atoms with E-state index in [-0.39, 0.29) is 5.78 Å². The molecule has 0 spiro atoms. The van der Waals surface area contributed by atoms with E-state index in [2.05, 4.69) is 0 Å². The molecule has 1 saturated heterocycles. The van der Waals surface area contributed by atoms with E-state index in [4.69, 9.17) is 11.6 Å². The summed E-state index contributed by atoms with van der Waals surface area (Å²) in [7, 11) is 0.367. The number of carbonyl (C=O) groups is 1. The van der Waals surface area contributed by atoms with Crippen LogP contribution in [-0.2, 0) is 4.79 Å². The van der Waals surface area contributed by atoms with Gasteiger partial charge < -0.3 is 0 Å². The highest BCUT2D eigenvalue weighted by Gasteiger charge is 2.13. The van der Waals surface area contributed by atoms with Crippen LogP contribution in [-0.4, -0.2) is 22.2 Å². The third kappa shape index (κ3) is 1.94. The van der Waals surface area contributed by atoms with Gasteiger partial charge in [0.1, 0.15) is 0 Å². The Balaban J connectivity index is 2.31. The molecular formula is C10H11ClOS. The lowest BCUT2D eigenvalue weighted by Gasteiger charge is -2.07. The van der Waals surface area contributed by atoms with E-state index < -0.39 is 0 Å². The van der Waals surface area contributed by atoms with Crippen LogP contribution in [0.3, 0.4) is 0 Å². The summed E-state index contributed by atoms with van der Waals surface area (Å²) >= 11 is 5.78. The van der Waals surface area contributed by atoms with Crippen LogP contribution in [0, 0.1) is 0 Å². The Hall–Kier alpha value is -0.340. The molecule has 0 amide bonds. The first-order chi connectivity index (χ1) is 6.27. The second kappa shape index (κ2) is 3.81. The van der Waals surface area contributed by atoms with Gasteiger partial charge in [0.25, 0.3) is 0 Å². The van der Waals surface area contributed by atoms with Gasteiger partial charge in [0, 0.05) is 0 Å². The zero-order valence-corrected chi connectivity index (χ0v) is 8.83. The third-order valence-corrected chi connectivity index (χ3v) is 5.05. The largest absolute Gasteiger partial charge is 0.288 e. The Morgan fingerprint density at radius 2 is 1.92 bits per heavy atom. The highest BCUT2D eigenvalue weighted by molar-refractivity contribution is 8.16. The number of carbonyl (C=O) groups excluding carboxylic acids is 1. The molecule has 2 aliphatic rings. The summed E-state index contributed by atoms with van der Waals surface area (Å²) in [5.41, 5.74) is 0. The highest BCUT2D eigenvalue weighted by atomic mass is 35.5. The minimum Gasteiger partial charge on any atom is -0.288 e. The van der Waals surface area contributed by atoms with Crippen molar-refractivity contribution in [3.63, 3.8) is 0 Å². The summed E-state index contributed by atoms with van der Waals surface area (Å²) in [6, 6.07) is 0. The fourth-order valence-corrected chi connectivity index (χ4v) is 4.12. The van der Waals surface area contributed by atoms with Gasteiger partial charge in [-0.3, -0.25) is 4.79 Å². The van der Waals surface area contributed by atoms with Gasteiger partial charge in [-0.1, -0.05) is 11.6 Å². The molecule has 0 bridgehead atoms. The van der Waals surface area contributed by atoms with Crippen LogP contribution in [0.1, 0.15) is 12.8 Å². The molecule has 0 unspecified atom stereocenters. The molecule has 1 aliphatic heterocycles. The van der Waals surface area contributed by atoms with Gasteiger partial charge in [0.05, 0.1) is 5.03 Å². The number of ketones is 1. The number of hydrogen-bond donors (Lipinski definition) is 0. The molecule has 0 saturated carbocycles. The number of allylic oxidation sites excluding steroid dienone is 4. The Bertz CT molecular complexity index is 331. The van der Waals surface area contributed by atoms with E-state index in [1.165, 1.54) is 29.2 Å². The molecule has 1 heterocycles. The van der Waals surface area contributed by atoms with E-state index in [1.54, 1.807) is 6.08 Å². The fraction of sp³-hybridized carbons (Fsp3) is 0.400. The van der Waals surface area contributed by atoms with Crippen molar-refractivity contribution in [3.05, 3.63) is 23.3 Å². The van der Waals surface area contributed by atoms with Crippen molar-refractivity contribution in [1.82, 2.24) is 0 Å². The fourth-order valence-electron chi connectivity index (χ4n) is 1.55. The van der Waals surface area contributed by atoms with Gasteiger partial charge in [0.15, 0.2) is 5.78 Å². The Morgan fingerprint density at radius 1 is 1.23 bits per heavy atom. The van der Waals surface area contributed by atoms with Gasteiger partial charge in [0.2, 0.25) is 0 Å². The molecule has 0 aromatic heterocycles. The predicted octanol–water partition coefficient (Wildman–Crippen LogP) is 2.48. The lowest BCUT2D eigenvalue weighted by molar-refractivity contribution is -0.110. The molecule has 0 aromatic rings. The normalized spacial score (nSPS) is 23.9. The lowest BCUT2D eigenvalue weighted by atomic mass is 10.2. The first-order valence-electron chi connectivity index (χ1n) is 4.41. The molecule has 13 heavy (non-hydrogen) atoms. The van der Waals surface area contributed by atoms with Crippen LogP contribution in [0.2, 0.25) is 0 Å². The molecule has 1 aliphatic carbocycles. The Kier molecular flexibility index (Phi) is 2.70. The van der Waals surface area contributed by atoms with Gasteiger partial charge in [-0.2, -0.15) is 10.5 Å². The van der Waals surface area contributed by atoms with E-state index in [0.29, 0.717) is 15.5 Å². The first-order valence-corrected chi connectivity index (χ1v) is 6.35. The van der Waals surface area contributed by atoms with Gasteiger partial charge in [-0.15, -0.1) is 0 Å². The maximum atomic E-state index is 11.1. The summed E-state index contributed by atoms with van der Waals surface area (Å²) in [4.78, 5) is 12.3. The zero-order chi connectivity index (χ0) is 9.26. The molecule has 1 nitrogen and oxygen atoms in total. The molecule has 0 aromatic carbocycles. The minimum absolute atomic E-state index is 0.0618. The van der Waals surface area contributed by atoms with Crippen molar-refractivity contribution in [2.45, 2.75) is 12.8 Å². The Morgan fingerprint density at radius 3 is 2.54 bits per heavy atom. The molecule has 0 N–H and O–H groups in total. The summed E-state index contributed by atoms with van der Waals surface area (Å²) in [5, 5.41) is 0.372. The van der Waals surface area contributed by atoms with Crippen molar-refractivity contribution in [2.24, 2.45) is 0 Å². The van der Waals surface area contributed by atoms with Crippen molar-refractivity contribution in [1.29, 1.82) is 0 Å². The van der Waals surface area contributed by atoms with Crippen molar-refractivity contribution < 1.29 is 4.79 Å². The van der Waals surface area contributed by atoms with Crippen LogP contribution in [0.4, 0.5) is 0 Å². The Labute approximate surface area is 85.4 Å². The standard InChI is InChI=1S/C10H11ClOS/c11-9-7-8(3-4-10(9)12)13-5-1-2-6-13/h3-4,7H,1-2,5-6H2. The van der Waals surface area contributed by atoms with Crippen molar-refractivity contribution >= 4 is 32.7 Å². The maximum absolute atomic E-state index is 11.1. The van der Waals surface area contributed by atoms with E-state index >= 15 is 0 Å². The second-order valence-corrected chi connectivity index (χ2v) is 5.88. The van der Waals surface area contributed by atoms with Crippen LogP contribution < -0.4 is 0 Å². The number of hydrogen-bond acceptors (Lipinski definition) is 1. The van der Waals surface area contributed by atoms with Crippen LogP contribution >= 0.6 is 22.1 Å². The second-order valence-electron chi connectivity index (χ2n) is 3.20. The molecule has 0 radical (unpaired) electrons. The summed E-state index contributed by atoms with van der Waals surface area (Å²) in [6.07, 6.45) is 8.00. The molecule has 1 fully saturated rings. The van der Waals surface area contributed by atoms with Crippen LogP contribution in [0.5, 0.6) is 0 Å². The monoisotopic (exact) mass is 214 g/mol. The molecular weight excluding hydrogens is 204 g/mol. The third-order valence-electron chi connectivity index (χ3n) is 2.27. The molecule has 3 heteroatoms. The van der Waals surface area contributed by atoms with E-state index in [9.17, 15) is 4.79 Å². The summed E-state index contributed by atoms with van der Waals surface area (Å²) < 4.78 is 0. The maximum Gasteiger partial charge on any atom is 0.197 e. The van der Waals surface area contributed by atoms with Crippen molar-refractivity contribution in [3.8, 4) is 0 Å². The van der Waals surface area contributed by atoms with Gasteiger partial charge in [-0.25, -0.2) is 0 Å². The average Bonchev–Trinajstić information content (AvgIpc) is 2.62. The minimum atomic E-state index is -0.0618. The zero-order valence-electron chi connectivity index (χ0n) is 7.25. The first kappa shape index (κ1) is 9.22. The predicted molar refractivity (Wildman–Crippen MR) is 59.6 cm³/mol. The van der Waals surface area contributed by atoms with Crippen molar-refractivity contribution in [2.75, 3.05) is 11.5 Å². The van der Waals surface area contributed by atoms with Crippen LogP contribution in [0.15, 0.2) is 23.3 Å². The highest BCUT2D eigenvalue weighted by Crippen LogP contribution is 2.29. The quantitative estimate of drug-likeness (QED) is 0.567. The van der Waals surface area contributed by atoms with Gasteiger partial charge in [-0.05, 0) is 47.4 Å². The summed E-state index contributed by atoms with van der Waals surface area (Å²) in [5.74, 6) is 2.48. The van der Waals surface area contributed by atoms with Gasteiger partial charge >= 0.3 is 0 Å². The molecule has 0 atom stereocenters. The van der Waals surface area contributed by atoms with E-state index in [0.717, 1.165) is 0 Å². The average molecular weight is 215 g/mol. The smallest absolute Gasteiger partial charge is 0.197 e. The SMILES string of the molecule is O=C1C=CC(=S2CCCC2)C=C1Cl. The number of rotatable bonds is 0.